The summed E-state index contributed by atoms with van der Waals surface area (Å²) >= 11 is 6.01. The maximum atomic E-state index is 13.3. The van der Waals surface area contributed by atoms with Crippen LogP contribution in [0.3, 0.4) is 0 Å². The molecule has 0 N–H and O–H groups in total. The predicted octanol–water partition coefficient (Wildman–Crippen LogP) is 7.12. The number of aromatic nitrogens is 2. The molecule has 1 aliphatic heterocycles. The summed E-state index contributed by atoms with van der Waals surface area (Å²) < 4.78 is 11.8. The summed E-state index contributed by atoms with van der Waals surface area (Å²) in [5, 5.41) is 0.655. The SMILES string of the molecule is Cc1oc(-c2ccc(Cl)cc2)cc1C(=O)N1CCN(c2nccc(-c3ccc(Oc4ccccc4)cc3)n2)CC1. The second-order valence-electron chi connectivity index (χ2n) is 9.55. The maximum absolute atomic E-state index is 13.3. The number of rotatable bonds is 6. The Balaban J connectivity index is 1.10. The average molecular weight is 551 g/mol. The van der Waals surface area contributed by atoms with Crippen molar-refractivity contribution in [2.45, 2.75) is 6.92 Å². The number of carbonyl (C=O) groups excluding carboxylic acids is 1. The van der Waals surface area contributed by atoms with Crippen molar-refractivity contribution < 1.29 is 13.9 Å². The number of para-hydroxylation sites is 1. The van der Waals surface area contributed by atoms with Crippen LogP contribution in [0.1, 0.15) is 16.1 Å². The number of aryl methyl sites for hydroxylation is 1. The third-order valence-corrected chi connectivity index (χ3v) is 7.15. The van der Waals surface area contributed by atoms with E-state index >= 15 is 0 Å². The molecule has 0 radical (unpaired) electrons. The summed E-state index contributed by atoms with van der Waals surface area (Å²) in [6, 6.07) is 28.6. The molecule has 3 heterocycles. The zero-order chi connectivity index (χ0) is 27.5. The molecule has 0 aliphatic carbocycles. The lowest BCUT2D eigenvalue weighted by Crippen LogP contribution is -2.49. The molecule has 0 atom stereocenters. The summed E-state index contributed by atoms with van der Waals surface area (Å²) in [6.07, 6.45) is 1.77. The molecule has 0 saturated carbocycles. The zero-order valence-corrected chi connectivity index (χ0v) is 22.7. The smallest absolute Gasteiger partial charge is 0.257 e. The molecule has 200 valence electrons. The zero-order valence-electron chi connectivity index (χ0n) is 22.0. The lowest BCUT2D eigenvalue weighted by atomic mass is 10.1. The molecule has 5 aromatic rings. The molecule has 40 heavy (non-hydrogen) atoms. The van der Waals surface area contributed by atoms with E-state index in [1.807, 2.05) is 103 Å². The fraction of sp³-hybridized carbons (Fsp3) is 0.156. The molecule has 3 aromatic carbocycles. The third kappa shape index (κ3) is 5.55. The first kappa shape index (κ1) is 25.6. The number of hydrogen-bond donors (Lipinski definition) is 0. The molecule has 0 spiro atoms. The van der Waals surface area contributed by atoms with E-state index in [2.05, 4.69) is 9.88 Å². The van der Waals surface area contributed by atoms with Gasteiger partial charge in [0.15, 0.2) is 0 Å². The summed E-state index contributed by atoms with van der Waals surface area (Å²) in [7, 11) is 0. The number of amides is 1. The second kappa shape index (κ2) is 11.2. The number of carbonyl (C=O) groups is 1. The van der Waals surface area contributed by atoms with Gasteiger partial charge in [-0.3, -0.25) is 4.79 Å². The van der Waals surface area contributed by atoms with Crippen molar-refractivity contribution in [3.8, 4) is 34.1 Å². The fourth-order valence-corrected chi connectivity index (χ4v) is 4.84. The minimum absolute atomic E-state index is 0.0337. The quantitative estimate of drug-likeness (QED) is 0.224. The number of nitrogens with zero attached hydrogens (tertiary/aromatic N) is 4. The highest BCUT2D eigenvalue weighted by molar-refractivity contribution is 6.30. The first-order valence-electron chi connectivity index (χ1n) is 13.1. The molecular weight excluding hydrogens is 524 g/mol. The highest BCUT2D eigenvalue weighted by atomic mass is 35.5. The van der Waals surface area contributed by atoms with Crippen molar-refractivity contribution in [3.05, 3.63) is 114 Å². The number of ether oxygens (including phenoxy) is 1. The molecule has 0 unspecified atom stereocenters. The monoisotopic (exact) mass is 550 g/mol. The van der Waals surface area contributed by atoms with Crippen LogP contribution in [0.15, 0.2) is 102 Å². The standard InChI is InChI=1S/C32H27ClN4O3/c1-22-28(21-30(39-22)24-7-11-25(33)12-8-24)31(38)36-17-19-37(20-18-36)32-34-16-15-29(35-32)23-9-13-27(14-10-23)40-26-5-3-2-4-6-26/h2-16,21H,17-20H2,1H3. The van der Waals surface area contributed by atoms with Gasteiger partial charge >= 0.3 is 0 Å². The molecule has 1 fully saturated rings. The molecule has 0 bridgehead atoms. The van der Waals surface area contributed by atoms with E-state index < -0.39 is 0 Å². The first-order chi connectivity index (χ1) is 19.5. The van der Waals surface area contributed by atoms with E-state index in [-0.39, 0.29) is 5.91 Å². The van der Waals surface area contributed by atoms with Gasteiger partial charge in [0.05, 0.1) is 11.3 Å². The van der Waals surface area contributed by atoms with Crippen LogP contribution in [-0.4, -0.2) is 47.0 Å². The largest absolute Gasteiger partial charge is 0.461 e. The Morgan fingerprint density at radius 1 is 0.850 bits per heavy atom. The van der Waals surface area contributed by atoms with Gasteiger partial charge < -0.3 is 19.0 Å². The maximum Gasteiger partial charge on any atom is 0.257 e. The van der Waals surface area contributed by atoms with Crippen LogP contribution in [0.4, 0.5) is 5.95 Å². The van der Waals surface area contributed by atoms with E-state index in [4.69, 9.17) is 25.7 Å². The van der Waals surface area contributed by atoms with Crippen LogP contribution >= 0.6 is 11.6 Å². The number of piperazine rings is 1. The lowest BCUT2D eigenvalue weighted by molar-refractivity contribution is 0.0744. The first-order valence-corrected chi connectivity index (χ1v) is 13.5. The topological polar surface area (TPSA) is 71.7 Å². The van der Waals surface area contributed by atoms with Gasteiger partial charge in [-0.1, -0.05) is 29.8 Å². The van der Waals surface area contributed by atoms with Crippen molar-refractivity contribution in [1.82, 2.24) is 14.9 Å². The van der Waals surface area contributed by atoms with Gasteiger partial charge in [0.1, 0.15) is 23.0 Å². The highest BCUT2D eigenvalue weighted by Crippen LogP contribution is 2.29. The van der Waals surface area contributed by atoms with Crippen molar-refractivity contribution >= 4 is 23.5 Å². The van der Waals surface area contributed by atoms with Gasteiger partial charge in [-0.25, -0.2) is 9.97 Å². The molecule has 6 rings (SSSR count). The van der Waals surface area contributed by atoms with E-state index in [1.54, 1.807) is 6.20 Å². The summed E-state index contributed by atoms with van der Waals surface area (Å²) in [5.74, 6) is 3.43. The van der Waals surface area contributed by atoms with Crippen LogP contribution in [0.5, 0.6) is 11.5 Å². The Bertz CT molecular complexity index is 1610. The fourth-order valence-electron chi connectivity index (χ4n) is 4.71. The minimum Gasteiger partial charge on any atom is -0.461 e. The van der Waals surface area contributed by atoms with E-state index in [0.717, 1.165) is 28.3 Å². The van der Waals surface area contributed by atoms with Gasteiger partial charge in [0.2, 0.25) is 5.95 Å². The number of furan rings is 1. The summed E-state index contributed by atoms with van der Waals surface area (Å²) in [5.41, 5.74) is 3.27. The Labute approximate surface area is 237 Å². The van der Waals surface area contributed by atoms with Crippen LogP contribution < -0.4 is 9.64 Å². The van der Waals surface area contributed by atoms with Gasteiger partial charge in [-0.2, -0.15) is 0 Å². The number of anilines is 1. The Morgan fingerprint density at radius 2 is 1.52 bits per heavy atom. The van der Waals surface area contributed by atoms with Gasteiger partial charge in [-0.05, 0) is 79.7 Å². The molecule has 2 aromatic heterocycles. The van der Waals surface area contributed by atoms with E-state index in [0.29, 0.717) is 54.2 Å². The van der Waals surface area contributed by atoms with Crippen molar-refractivity contribution in [3.63, 3.8) is 0 Å². The van der Waals surface area contributed by atoms with Gasteiger partial charge in [0, 0.05) is 48.5 Å². The van der Waals surface area contributed by atoms with Crippen LogP contribution in [0.25, 0.3) is 22.6 Å². The third-order valence-electron chi connectivity index (χ3n) is 6.90. The van der Waals surface area contributed by atoms with Gasteiger partial charge in [0.25, 0.3) is 5.91 Å². The molecular formula is C32H27ClN4O3. The van der Waals surface area contributed by atoms with Crippen LogP contribution in [-0.2, 0) is 0 Å². The van der Waals surface area contributed by atoms with Crippen LogP contribution in [0, 0.1) is 6.92 Å². The van der Waals surface area contributed by atoms with E-state index in [1.165, 1.54) is 0 Å². The normalized spacial score (nSPS) is 13.3. The number of halogens is 1. The van der Waals surface area contributed by atoms with Gasteiger partial charge in [-0.15, -0.1) is 0 Å². The minimum atomic E-state index is -0.0337. The summed E-state index contributed by atoms with van der Waals surface area (Å²) in [6.45, 7) is 4.24. The lowest BCUT2D eigenvalue weighted by Gasteiger charge is -2.34. The second-order valence-corrected chi connectivity index (χ2v) is 9.98. The Morgan fingerprint density at radius 3 is 2.25 bits per heavy atom. The molecule has 1 aliphatic rings. The molecule has 1 amide bonds. The number of benzene rings is 3. The Hall–Kier alpha value is -4.62. The number of hydrogen-bond acceptors (Lipinski definition) is 6. The molecule has 8 heteroatoms. The van der Waals surface area contributed by atoms with Crippen LogP contribution in [0.2, 0.25) is 5.02 Å². The summed E-state index contributed by atoms with van der Waals surface area (Å²) in [4.78, 5) is 26.6. The van der Waals surface area contributed by atoms with Crippen molar-refractivity contribution in [1.29, 1.82) is 0 Å². The Kier molecular flexibility index (Phi) is 7.21. The highest BCUT2D eigenvalue weighted by Gasteiger charge is 2.26. The van der Waals surface area contributed by atoms with Crippen molar-refractivity contribution in [2.24, 2.45) is 0 Å². The molecule has 1 saturated heterocycles. The molecule has 7 nitrogen and oxygen atoms in total. The van der Waals surface area contributed by atoms with Crippen molar-refractivity contribution in [2.75, 3.05) is 31.1 Å². The average Bonchev–Trinajstić information content (AvgIpc) is 3.39. The van der Waals surface area contributed by atoms with E-state index in [9.17, 15) is 4.79 Å². The predicted molar refractivity (Wildman–Crippen MR) is 156 cm³/mol.